The maximum Gasteiger partial charge on any atom is 0.267 e. The fraction of sp³-hybridized carbons (Fsp3) is 0.111. The van der Waals surface area contributed by atoms with E-state index >= 15 is 0 Å². The lowest BCUT2D eigenvalue weighted by Gasteiger charge is -2.00. The number of primary sulfonamides is 1. The van der Waals surface area contributed by atoms with Crippen molar-refractivity contribution in [3.63, 3.8) is 0 Å². The lowest BCUT2D eigenvalue weighted by Crippen LogP contribution is -2.12. The Labute approximate surface area is 112 Å². The van der Waals surface area contributed by atoms with E-state index in [-0.39, 0.29) is 9.47 Å². The van der Waals surface area contributed by atoms with Gasteiger partial charge in [-0.15, -0.1) is 10.2 Å². The zero-order chi connectivity index (χ0) is 14.0. The summed E-state index contributed by atoms with van der Waals surface area (Å²) >= 11 is 0.678. The number of carbonyl (C=O) groups is 1. The zero-order valence-corrected chi connectivity index (χ0v) is 11.3. The Morgan fingerprint density at radius 2 is 2.11 bits per heavy atom. The Balaban J connectivity index is 2.15. The van der Waals surface area contributed by atoms with Crippen LogP contribution in [0.15, 0.2) is 22.7 Å². The molecule has 0 spiro atoms. The quantitative estimate of drug-likeness (QED) is 0.776. The van der Waals surface area contributed by atoms with Gasteiger partial charge in [0.15, 0.2) is 0 Å². The van der Waals surface area contributed by atoms with Crippen LogP contribution in [0, 0.1) is 6.92 Å². The second-order valence-corrected chi connectivity index (χ2v) is 6.27. The SMILES string of the molecule is Cc1ccc(C(=O)Nc2nnc(S(N)(=O)=O)s2)cn1. The largest absolute Gasteiger partial charge is 0.296 e. The van der Waals surface area contributed by atoms with Gasteiger partial charge in [-0.2, -0.15) is 0 Å². The number of aryl methyl sites for hydroxylation is 1. The molecule has 10 heteroatoms. The molecular weight excluding hydrogens is 290 g/mol. The van der Waals surface area contributed by atoms with Crippen molar-refractivity contribution >= 4 is 32.4 Å². The number of hydrogen-bond acceptors (Lipinski definition) is 7. The molecule has 1 amide bonds. The minimum absolute atomic E-state index is 0.0506. The molecule has 0 aliphatic heterocycles. The summed E-state index contributed by atoms with van der Waals surface area (Å²) in [4.78, 5) is 15.8. The Hall–Kier alpha value is -1.91. The Morgan fingerprint density at radius 3 is 2.63 bits per heavy atom. The molecule has 2 heterocycles. The molecule has 3 N–H and O–H groups in total. The third kappa shape index (κ3) is 3.30. The first-order valence-electron chi connectivity index (χ1n) is 4.96. The molecule has 8 nitrogen and oxygen atoms in total. The van der Waals surface area contributed by atoms with E-state index in [2.05, 4.69) is 20.5 Å². The number of sulfonamides is 1. The van der Waals surface area contributed by atoms with E-state index in [1.165, 1.54) is 6.20 Å². The van der Waals surface area contributed by atoms with Crippen molar-refractivity contribution in [1.29, 1.82) is 0 Å². The highest BCUT2D eigenvalue weighted by atomic mass is 32.2. The molecule has 0 aliphatic carbocycles. The smallest absolute Gasteiger partial charge is 0.267 e. The number of rotatable bonds is 3. The first-order chi connectivity index (χ1) is 8.86. The van der Waals surface area contributed by atoms with Gasteiger partial charge in [0.2, 0.25) is 9.47 Å². The van der Waals surface area contributed by atoms with Crippen LogP contribution in [0.5, 0.6) is 0 Å². The standard InChI is InChI=1S/C9H9N5O3S2/c1-5-2-3-6(4-11-5)7(15)12-8-13-14-9(18-8)19(10,16)17/h2-4H,1H3,(H2,10,16,17)(H,12,13,15). The Morgan fingerprint density at radius 1 is 1.37 bits per heavy atom. The minimum atomic E-state index is -3.91. The summed E-state index contributed by atoms with van der Waals surface area (Å²) in [5.41, 5.74) is 1.11. The number of anilines is 1. The molecule has 100 valence electrons. The number of amides is 1. The summed E-state index contributed by atoms with van der Waals surface area (Å²) in [6, 6.07) is 3.28. The number of aromatic nitrogens is 3. The van der Waals surface area contributed by atoms with Gasteiger partial charge >= 0.3 is 0 Å². The molecule has 2 aromatic rings. The molecule has 0 aromatic carbocycles. The van der Waals surface area contributed by atoms with Crippen LogP contribution in [0.25, 0.3) is 0 Å². The van der Waals surface area contributed by atoms with Crippen LogP contribution < -0.4 is 10.5 Å². The minimum Gasteiger partial charge on any atom is -0.296 e. The topological polar surface area (TPSA) is 128 Å². The van der Waals surface area contributed by atoms with Crippen LogP contribution in [0.2, 0.25) is 0 Å². The van der Waals surface area contributed by atoms with Crippen LogP contribution in [0.3, 0.4) is 0 Å². The summed E-state index contributed by atoms with van der Waals surface area (Å²) in [6.07, 6.45) is 1.41. The molecule has 0 bridgehead atoms. The number of nitrogens with two attached hydrogens (primary N) is 1. The number of hydrogen-bond donors (Lipinski definition) is 2. The molecular formula is C9H9N5O3S2. The summed E-state index contributed by atoms with van der Waals surface area (Å²) in [5, 5.41) is 14.2. The van der Waals surface area contributed by atoms with Crippen molar-refractivity contribution in [3.05, 3.63) is 29.6 Å². The number of pyridine rings is 1. The number of nitrogens with one attached hydrogen (secondary N) is 1. The highest BCUT2D eigenvalue weighted by Gasteiger charge is 2.16. The van der Waals surface area contributed by atoms with Gasteiger partial charge in [0.1, 0.15) is 0 Å². The van der Waals surface area contributed by atoms with E-state index in [4.69, 9.17) is 5.14 Å². The van der Waals surface area contributed by atoms with Gasteiger partial charge in [-0.3, -0.25) is 15.1 Å². The van der Waals surface area contributed by atoms with Crippen molar-refractivity contribution in [3.8, 4) is 0 Å². The van der Waals surface area contributed by atoms with Gasteiger partial charge in [0, 0.05) is 11.9 Å². The van der Waals surface area contributed by atoms with Gasteiger partial charge in [-0.25, -0.2) is 13.6 Å². The molecule has 19 heavy (non-hydrogen) atoms. The average molecular weight is 299 g/mol. The van der Waals surface area contributed by atoms with Gasteiger partial charge in [-0.1, -0.05) is 11.3 Å². The number of nitrogens with zero attached hydrogens (tertiary/aromatic N) is 3. The first-order valence-corrected chi connectivity index (χ1v) is 7.33. The van der Waals surface area contributed by atoms with E-state index in [1.807, 2.05) is 0 Å². The maximum absolute atomic E-state index is 11.8. The molecule has 0 radical (unpaired) electrons. The average Bonchev–Trinajstić information content (AvgIpc) is 2.78. The van der Waals surface area contributed by atoms with Crippen LogP contribution in [-0.2, 0) is 10.0 Å². The van der Waals surface area contributed by atoms with E-state index in [0.717, 1.165) is 5.69 Å². The van der Waals surface area contributed by atoms with Crippen molar-refractivity contribution in [2.24, 2.45) is 5.14 Å². The fourth-order valence-corrected chi connectivity index (χ4v) is 2.48. The first kappa shape index (κ1) is 13.5. The maximum atomic E-state index is 11.8. The molecule has 0 saturated carbocycles. The van der Waals surface area contributed by atoms with Crippen LogP contribution in [-0.4, -0.2) is 29.5 Å². The fourth-order valence-electron chi connectivity index (χ4n) is 1.15. The number of carbonyl (C=O) groups excluding carboxylic acids is 1. The summed E-state index contributed by atoms with van der Waals surface area (Å²) in [5.74, 6) is -0.454. The highest BCUT2D eigenvalue weighted by molar-refractivity contribution is 7.91. The Kier molecular flexibility index (Phi) is 3.55. The van der Waals surface area contributed by atoms with Crippen LogP contribution in [0.4, 0.5) is 5.13 Å². The zero-order valence-electron chi connectivity index (χ0n) is 9.69. The molecule has 0 fully saturated rings. The summed E-state index contributed by atoms with van der Waals surface area (Å²) in [6.45, 7) is 1.80. The van der Waals surface area contributed by atoms with Crippen molar-refractivity contribution in [1.82, 2.24) is 15.2 Å². The lowest BCUT2D eigenvalue weighted by atomic mass is 10.2. The highest BCUT2D eigenvalue weighted by Crippen LogP contribution is 2.19. The molecule has 0 atom stereocenters. The second kappa shape index (κ2) is 4.99. The van der Waals surface area contributed by atoms with Crippen molar-refractivity contribution < 1.29 is 13.2 Å². The van der Waals surface area contributed by atoms with Crippen molar-refractivity contribution in [2.45, 2.75) is 11.3 Å². The van der Waals surface area contributed by atoms with Crippen molar-refractivity contribution in [2.75, 3.05) is 5.32 Å². The Bertz CT molecular complexity index is 708. The predicted octanol–water partition coefficient (Wildman–Crippen LogP) is 0.141. The van der Waals surface area contributed by atoms with E-state index < -0.39 is 15.9 Å². The predicted molar refractivity (Wildman–Crippen MR) is 68.2 cm³/mol. The molecule has 0 unspecified atom stereocenters. The van der Waals surface area contributed by atoms with Crippen LogP contribution in [0.1, 0.15) is 16.1 Å². The second-order valence-electron chi connectivity index (χ2n) is 3.56. The normalized spacial score (nSPS) is 11.3. The van der Waals surface area contributed by atoms with Gasteiger partial charge in [0.25, 0.3) is 15.9 Å². The molecule has 2 rings (SSSR count). The van der Waals surface area contributed by atoms with Gasteiger partial charge in [-0.05, 0) is 19.1 Å². The van der Waals surface area contributed by atoms with E-state index in [1.54, 1.807) is 19.1 Å². The molecule has 0 saturated heterocycles. The monoisotopic (exact) mass is 299 g/mol. The third-order valence-corrected chi connectivity index (χ3v) is 4.19. The van der Waals surface area contributed by atoms with Crippen LogP contribution >= 0.6 is 11.3 Å². The molecule has 2 aromatic heterocycles. The lowest BCUT2D eigenvalue weighted by molar-refractivity contribution is 0.102. The van der Waals surface area contributed by atoms with E-state index in [0.29, 0.717) is 16.9 Å². The van der Waals surface area contributed by atoms with Gasteiger partial charge < -0.3 is 0 Å². The summed E-state index contributed by atoms with van der Waals surface area (Å²) < 4.78 is 21.6. The summed E-state index contributed by atoms with van der Waals surface area (Å²) in [7, 11) is -3.91. The van der Waals surface area contributed by atoms with Gasteiger partial charge in [0.05, 0.1) is 5.56 Å². The third-order valence-electron chi connectivity index (χ3n) is 2.04. The molecule has 0 aliphatic rings. The van der Waals surface area contributed by atoms with E-state index in [9.17, 15) is 13.2 Å².